The molecule has 6 nitrogen and oxygen atoms in total. The molecule has 0 N–H and O–H groups in total. The summed E-state index contributed by atoms with van der Waals surface area (Å²) in [6, 6.07) is 0. The molecule has 0 radical (unpaired) electrons. The van der Waals surface area contributed by atoms with Crippen LogP contribution in [0.4, 0.5) is 15.3 Å². The molecule has 2 saturated heterocycles. The molecule has 6 aliphatic rings. The van der Waals surface area contributed by atoms with Gasteiger partial charge in [0.15, 0.2) is 28.4 Å². The molecular weight excluding hydrogens is 942 g/mol. The van der Waals surface area contributed by atoms with Gasteiger partial charge >= 0.3 is 83.7 Å². The number of rotatable bonds is 4. The molecule has 0 aromatic rings. The zero-order valence-electron chi connectivity index (χ0n) is 35.9. The standard InChI is InChI=1S/C18H35N3Si.C18H31N3Si.CH3.5ClH.2Cr.4FH.4H2/c2*1-13-14(2)16(4)17(15(13)3)22(5,6)21-12-8-11-20-10-7-9-19-18(20)21;;;;;;;;;;;;;;;;/h13-17H,7-12H2,1-6H3;17H,7-12H2,1-6H3;1H3;5*1H;;;8*1H/q;;-1;;;;;;+2;+6;;;;;;;;/p-8/i;;;;;;;;;;;;;;4*1+2. The normalized spacial score (nSPS) is 28.3. The third-order valence-electron chi connectivity index (χ3n) is 13.5. The van der Waals surface area contributed by atoms with Crippen LogP contribution in [0.5, 0.6) is 0 Å². The van der Waals surface area contributed by atoms with Crippen molar-refractivity contribution in [3.63, 3.8) is 0 Å². The Morgan fingerprint density at radius 1 is 0.625 bits per heavy atom. The first-order valence-electron chi connectivity index (χ1n) is 19.4. The molecule has 0 aromatic heterocycles. The fraction of sp³-hybridized carbons (Fsp3) is 0.811. The fourth-order valence-corrected chi connectivity index (χ4v) is 19.8. The van der Waals surface area contributed by atoms with Gasteiger partial charge in [-0.2, -0.15) is 0 Å². The van der Waals surface area contributed by atoms with Crippen molar-refractivity contribution < 1.29 is 43.9 Å². The first kappa shape index (κ1) is 54.7. The molecule has 3 fully saturated rings. The van der Waals surface area contributed by atoms with E-state index in [0.717, 1.165) is 42.3 Å². The van der Waals surface area contributed by atoms with Gasteiger partial charge in [-0.3, -0.25) is 14.7 Å². The van der Waals surface area contributed by atoms with Gasteiger partial charge in [0.25, 0.3) is 0 Å². The van der Waals surface area contributed by atoms with Crippen LogP contribution in [0, 0.1) is 31.1 Å². The van der Waals surface area contributed by atoms with Gasteiger partial charge in [0, 0.05) is 63.6 Å². The van der Waals surface area contributed by atoms with Crippen molar-refractivity contribution in [3.8, 4) is 0 Å². The van der Waals surface area contributed by atoms with Gasteiger partial charge in [-0.05, 0) is 93.7 Å². The second-order valence-corrected chi connectivity index (χ2v) is 41.2. The second-order valence-electron chi connectivity index (χ2n) is 17.3. The molecule has 56 heavy (non-hydrogen) atoms. The van der Waals surface area contributed by atoms with Crippen LogP contribution >= 0.6 is 50.2 Å². The summed E-state index contributed by atoms with van der Waals surface area (Å²) in [4.78, 5) is 15.0. The molecule has 0 aromatic carbocycles. The first-order valence-corrected chi connectivity index (χ1v) is 35.7. The van der Waals surface area contributed by atoms with E-state index in [0.29, 0.717) is 5.54 Å². The average molecular weight is 1030 g/mol. The van der Waals surface area contributed by atoms with E-state index in [1.54, 1.807) is 11.1 Å². The SMILES string of the molecule is CC1=C(C)C([Si](C)(C)N2CCCN3CCCN=C32)C(C)=C1C.CC1C(C)C(C)C([Si](C)(C)N2CCCN3CCCN=C32)C1C.F.[3HH].[3HH].[3HH].[3HH].[CH3-].[Cl][Cr][Cl].[F][Cr]([F])([F])([Cl])([Cl])[Cl]. The van der Waals surface area contributed by atoms with Gasteiger partial charge in [-0.15, -0.1) is 0 Å². The zero-order chi connectivity index (χ0) is 41.3. The van der Waals surface area contributed by atoms with Gasteiger partial charge in [-0.25, -0.2) is 0 Å². The van der Waals surface area contributed by atoms with E-state index in [1.165, 1.54) is 88.0 Å². The molecule has 4 aliphatic heterocycles. The minimum atomic E-state index is -8.04. The molecule has 340 valence electrons. The summed E-state index contributed by atoms with van der Waals surface area (Å²) >= 11 is -0.181. The van der Waals surface area contributed by atoms with E-state index in [2.05, 4.69) is 131 Å². The molecular formula is C37H78Cl5Cr2F4N6Si2-. The summed E-state index contributed by atoms with van der Waals surface area (Å²) in [7, 11) is 9.66. The van der Waals surface area contributed by atoms with Gasteiger partial charge < -0.3 is 26.4 Å². The summed E-state index contributed by atoms with van der Waals surface area (Å²) < 4.78 is 39.1. The van der Waals surface area contributed by atoms with Crippen LogP contribution in [0.25, 0.3) is 0 Å². The van der Waals surface area contributed by atoms with E-state index in [-0.39, 0.29) is 31.2 Å². The molecule has 4 unspecified atom stereocenters. The molecule has 6 rings (SSSR count). The molecule has 2 aliphatic carbocycles. The van der Waals surface area contributed by atoms with Crippen molar-refractivity contribution in [3.05, 3.63) is 29.7 Å². The number of fused-ring (bicyclic) bond motifs is 2. The Bertz CT molecular complexity index is 1440. The first-order chi connectivity index (χ1) is 24.6. The van der Waals surface area contributed by atoms with Crippen LogP contribution in [-0.2, 0) is 22.9 Å². The number of guanidine groups is 2. The Labute approximate surface area is 372 Å². The maximum absolute atomic E-state index is 11.2. The van der Waals surface area contributed by atoms with Crippen LogP contribution < -0.4 is 0 Å². The van der Waals surface area contributed by atoms with Gasteiger partial charge in [0.1, 0.15) is 0 Å². The molecule has 19 heteroatoms. The van der Waals surface area contributed by atoms with E-state index < -0.39 is 26.0 Å². The molecule has 0 spiro atoms. The fourth-order valence-electron chi connectivity index (χ4n) is 10.5. The van der Waals surface area contributed by atoms with E-state index >= 15 is 0 Å². The van der Waals surface area contributed by atoms with Crippen LogP contribution in [0.3, 0.4) is 0 Å². The Morgan fingerprint density at radius 3 is 1.27 bits per heavy atom. The van der Waals surface area contributed by atoms with Gasteiger partial charge in [0.05, 0.1) is 0 Å². The molecule has 4 atom stereocenters. The zero-order valence-corrected chi connectivity index (χ0v) is 44.2. The number of allylic oxidation sites excluding steroid dienone is 4. The molecule has 0 amide bonds. The van der Waals surface area contributed by atoms with Crippen molar-refractivity contribution in [2.75, 3.05) is 52.4 Å². The Balaban J connectivity index is -0.000000395. The second kappa shape index (κ2) is 20.3. The molecule has 1 saturated carbocycles. The summed E-state index contributed by atoms with van der Waals surface area (Å²) in [5.74, 6) is 6.11. The Morgan fingerprint density at radius 2 is 0.929 bits per heavy atom. The van der Waals surface area contributed by atoms with Gasteiger partial charge in [0.2, 0.25) is 0 Å². The Kier molecular flexibility index (Phi) is 19.8. The number of aliphatic imine (C=N–C) groups is 2. The summed E-state index contributed by atoms with van der Waals surface area (Å²) in [6.07, 6.45) is 5.06. The number of hydrogen-bond donors (Lipinski definition) is 0. The van der Waals surface area contributed by atoms with Crippen molar-refractivity contribution >= 4 is 78.6 Å². The van der Waals surface area contributed by atoms with E-state index in [1.807, 2.05) is 0 Å². The van der Waals surface area contributed by atoms with Crippen LogP contribution in [0.1, 0.15) is 86.8 Å². The Hall–Kier alpha value is 0.689. The predicted octanol–water partition coefficient (Wildman–Crippen LogP) is 14.2. The number of nitrogens with zero attached hydrogens (tertiary/aromatic N) is 6. The van der Waals surface area contributed by atoms with Crippen LogP contribution in [-0.4, -0.2) is 99.7 Å². The van der Waals surface area contributed by atoms with E-state index in [9.17, 15) is 10.6 Å². The van der Waals surface area contributed by atoms with Gasteiger partial charge in [-0.1, -0.05) is 65.0 Å². The summed E-state index contributed by atoms with van der Waals surface area (Å²) in [6.45, 7) is 39.0. The monoisotopic (exact) mass is 1030 g/mol. The average Bonchev–Trinajstić information content (AvgIpc) is 3.40. The van der Waals surface area contributed by atoms with Crippen molar-refractivity contribution in [2.24, 2.45) is 33.7 Å². The van der Waals surface area contributed by atoms with Crippen molar-refractivity contribution in [2.45, 2.75) is 118 Å². The summed E-state index contributed by atoms with van der Waals surface area (Å²) in [5.41, 5.74) is 7.82. The third kappa shape index (κ3) is 13.8. The maximum atomic E-state index is 11.2. The van der Waals surface area contributed by atoms with Crippen molar-refractivity contribution in [1.82, 2.24) is 18.9 Å². The van der Waals surface area contributed by atoms with E-state index in [4.69, 9.17) is 30.1 Å². The third-order valence-corrected chi connectivity index (χ3v) is 22.1. The minimum absolute atomic E-state index is 0. The number of hydrogen-bond acceptors (Lipinski definition) is 6. The van der Waals surface area contributed by atoms with Crippen molar-refractivity contribution in [1.29, 1.82) is 0 Å². The van der Waals surface area contributed by atoms with Crippen LogP contribution in [0.2, 0.25) is 37.3 Å². The number of halogens is 9. The predicted molar refractivity (Wildman–Crippen MR) is 245 cm³/mol. The molecule has 4 heterocycles. The quantitative estimate of drug-likeness (QED) is 0.160. The topological polar surface area (TPSA) is 37.7 Å². The van der Waals surface area contributed by atoms with Crippen LogP contribution in [0.15, 0.2) is 32.3 Å². The molecule has 0 bridgehead atoms. The summed E-state index contributed by atoms with van der Waals surface area (Å²) in [5, 5.41) is 0.